The van der Waals surface area contributed by atoms with Gasteiger partial charge in [-0.25, -0.2) is 0 Å². The van der Waals surface area contributed by atoms with Gasteiger partial charge in [-0.05, 0) is 42.2 Å². The molecule has 1 saturated carbocycles. The summed E-state index contributed by atoms with van der Waals surface area (Å²) in [7, 11) is 0. The van der Waals surface area contributed by atoms with E-state index in [1.54, 1.807) is 18.2 Å². The van der Waals surface area contributed by atoms with Gasteiger partial charge in [0.25, 0.3) is 0 Å². The maximum Gasteiger partial charge on any atom is 0.247 e. The van der Waals surface area contributed by atoms with Crippen LogP contribution in [0, 0.1) is 0 Å². The Bertz CT molecular complexity index is 869. The van der Waals surface area contributed by atoms with Crippen molar-refractivity contribution in [3.63, 3.8) is 0 Å². The third-order valence-corrected chi connectivity index (χ3v) is 5.76. The van der Waals surface area contributed by atoms with Crippen LogP contribution >= 0.6 is 0 Å². The lowest BCUT2D eigenvalue weighted by atomic mass is 9.82. The lowest BCUT2D eigenvalue weighted by molar-refractivity contribution is -0.155. The highest BCUT2D eigenvalue weighted by Crippen LogP contribution is 2.35. The van der Waals surface area contributed by atoms with Gasteiger partial charge < -0.3 is 40.0 Å². The molecule has 4 rings (SSSR count). The first-order chi connectivity index (χ1) is 14.4. The second-order valence-electron chi connectivity index (χ2n) is 7.64. The normalized spacial score (nSPS) is 32.6. The van der Waals surface area contributed by atoms with Gasteiger partial charge in [-0.3, -0.25) is 4.79 Å². The molecule has 1 aliphatic heterocycles. The van der Waals surface area contributed by atoms with E-state index >= 15 is 0 Å². The summed E-state index contributed by atoms with van der Waals surface area (Å²) in [6.45, 7) is 3.75. The predicted octanol–water partition coefficient (Wildman–Crippen LogP) is -0.391. The second kappa shape index (κ2) is 8.37. The zero-order chi connectivity index (χ0) is 21.4. The Morgan fingerprint density at radius 1 is 1.17 bits per heavy atom. The van der Waals surface area contributed by atoms with Gasteiger partial charge in [-0.1, -0.05) is 12.7 Å². The molecule has 1 heterocycles. The fraction of sp³-hybridized carbons (Fsp3) is 0.476. The minimum absolute atomic E-state index is 0.0424. The van der Waals surface area contributed by atoms with Crippen LogP contribution in [0.3, 0.4) is 0 Å². The van der Waals surface area contributed by atoms with Crippen molar-refractivity contribution in [2.45, 2.75) is 49.4 Å². The van der Waals surface area contributed by atoms with E-state index in [9.17, 15) is 25.2 Å². The highest BCUT2D eigenvalue weighted by atomic mass is 16.7. The molecule has 1 aromatic carbocycles. The number of phenols is 1. The van der Waals surface area contributed by atoms with Crippen molar-refractivity contribution in [2.75, 3.05) is 13.4 Å². The molecule has 9 heteroatoms. The molecule has 0 bridgehead atoms. The molecule has 30 heavy (non-hydrogen) atoms. The van der Waals surface area contributed by atoms with Gasteiger partial charge in [0, 0.05) is 5.57 Å². The van der Waals surface area contributed by atoms with Gasteiger partial charge in [0.1, 0.15) is 43.9 Å². The van der Waals surface area contributed by atoms with Crippen molar-refractivity contribution in [1.82, 2.24) is 5.32 Å². The highest BCUT2D eigenvalue weighted by molar-refractivity contribution is 5.99. The number of amides is 1. The van der Waals surface area contributed by atoms with Crippen molar-refractivity contribution in [3.05, 3.63) is 41.5 Å². The Morgan fingerprint density at radius 3 is 2.63 bits per heavy atom. The number of ether oxygens (including phenoxy) is 3. The van der Waals surface area contributed by atoms with Gasteiger partial charge >= 0.3 is 0 Å². The number of hydrogen-bond acceptors (Lipinski definition) is 8. The summed E-state index contributed by atoms with van der Waals surface area (Å²) in [5.41, 5.74) is 2.05. The zero-order valence-corrected chi connectivity index (χ0v) is 16.2. The summed E-state index contributed by atoms with van der Waals surface area (Å²) >= 11 is 0. The van der Waals surface area contributed by atoms with Crippen LogP contribution in [0.2, 0.25) is 0 Å². The number of aliphatic hydroxyl groups excluding tert-OH is 3. The predicted molar refractivity (Wildman–Crippen MR) is 105 cm³/mol. The monoisotopic (exact) mass is 419 g/mol. The van der Waals surface area contributed by atoms with Crippen LogP contribution in [0.1, 0.15) is 17.5 Å². The van der Waals surface area contributed by atoms with Crippen LogP contribution in [-0.4, -0.2) is 76.3 Å². The number of benzene rings is 1. The van der Waals surface area contributed by atoms with Crippen LogP contribution < -0.4 is 10.1 Å². The zero-order valence-electron chi connectivity index (χ0n) is 16.2. The van der Waals surface area contributed by atoms with Gasteiger partial charge in [-0.2, -0.15) is 0 Å². The topological polar surface area (TPSA) is 138 Å². The van der Waals surface area contributed by atoms with Crippen molar-refractivity contribution < 1.29 is 39.4 Å². The number of carbonyl (C=O) groups excluding carboxylic acids is 1. The molecular weight excluding hydrogens is 394 g/mol. The summed E-state index contributed by atoms with van der Waals surface area (Å²) in [6.07, 6.45) is -1.39. The lowest BCUT2D eigenvalue weighted by Crippen LogP contribution is -2.67. The molecule has 1 aromatic rings. The van der Waals surface area contributed by atoms with E-state index in [4.69, 9.17) is 14.2 Å². The molecule has 162 valence electrons. The molecule has 6 atom stereocenters. The molecule has 1 amide bonds. The fourth-order valence-electron chi connectivity index (χ4n) is 4.15. The van der Waals surface area contributed by atoms with Crippen LogP contribution in [-0.2, 0) is 20.7 Å². The molecule has 0 unspecified atom stereocenters. The number of aryl methyl sites for hydroxylation is 1. The molecule has 0 aromatic heterocycles. The fourth-order valence-corrected chi connectivity index (χ4v) is 4.15. The van der Waals surface area contributed by atoms with Gasteiger partial charge in [0.2, 0.25) is 5.91 Å². The Balaban J connectivity index is 1.50. The summed E-state index contributed by atoms with van der Waals surface area (Å²) in [5.74, 6) is -0.162. The number of aromatic hydroxyl groups is 1. The van der Waals surface area contributed by atoms with E-state index < -0.39 is 42.5 Å². The Labute approximate surface area is 173 Å². The maximum atomic E-state index is 12.8. The number of nitrogens with one attached hydrogen (secondary N) is 1. The Hall–Kier alpha value is -2.43. The number of rotatable bonds is 5. The number of fused-ring (bicyclic) bond motifs is 2. The summed E-state index contributed by atoms with van der Waals surface area (Å²) in [4.78, 5) is 12.8. The minimum Gasteiger partial charge on any atom is -0.504 e. The van der Waals surface area contributed by atoms with Crippen molar-refractivity contribution in [1.29, 1.82) is 0 Å². The first-order valence-corrected chi connectivity index (χ1v) is 9.79. The Kier molecular flexibility index (Phi) is 5.81. The third-order valence-electron chi connectivity index (χ3n) is 5.76. The average Bonchev–Trinajstić information content (AvgIpc) is 3.23. The third kappa shape index (κ3) is 3.70. The van der Waals surface area contributed by atoms with Crippen LogP contribution in [0.15, 0.2) is 30.4 Å². The minimum atomic E-state index is -1.41. The van der Waals surface area contributed by atoms with Crippen molar-refractivity contribution in [2.24, 2.45) is 0 Å². The first kappa shape index (κ1) is 20.8. The van der Waals surface area contributed by atoms with E-state index in [0.29, 0.717) is 29.7 Å². The summed E-state index contributed by atoms with van der Waals surface area (Å²) < 4.78 is 15.9. The van der Waals surface area contributed by atoms with E-state index in [-0.39, 0.29) is 19.1 Å². The van der Waals surface area contributed by atoms with E-state index in [2.05, 4.69) is 11.9 Å². The molecule has 3 aliphatic rings. The average molecular weight is 419 g/mol. The van der Waals surface area contributed by atoms with Crippen LogP contribution in [0.25, 0.3) is 6.08 Å². The smallest absolute Gasteiger partial charge is 0.247 e. The summed E-state index contributed by atoms with van der Waals surface area (Å²) in [6, 6.07) is 2.16. The van der Waals surface area contributed by atoms with Crippen molar-refractivity contribution in [3.8, 4) is 11.5 Å². The largest absolute Gasteiger partial charge is 0.504 e. The van der Waals surface area contributed by atoms with Crippen molar-refractivity contribution >= 4 is 12.0 Å². The highest BCUT2D eigenvalue weighted by Gasteiger charge is 2.53. The van der Waals surface area contributed by atoms with E-state index in [0.717, 1.165) is 5.56 Å². The van der Waals surface area contributed by atoms with E-state index in [1.807, 2.05) is 0 Å². The quantitative estimate of drug-likeness (QED) is 0.407. The van der Waals surface area contributed by atoms with E-state index in [1.165, 1.54) is 6.07 Å². The van der Waals surface area contributed by atoms with Crippen LogP contribution in [0.5, 0.6) is 11.5 Å². The molecule has 2 aliphatic carbocycles. The summed E-state index contributed by atoms with van der Waals surface area (Å²) in [5, 5.41) is 43.9. The maximum absolute atomic E-state index is 12.8. The molecule has 0 spiro atoms. The standard InChI is InChI=1S/C21H25NO8/c1-2-5-28-14-8-10-3-4-11(6-12(10)7-13(14)23)21(27)22-15-16(24)18(26)20-19(17(15)25)29-9-30-20/h2,6-8,15-20,23-26H,1,3-5,9H2,(H,22,27)/t15-,16+,17-,18-,19+,20-/m1/s1. The molecule has 9 nitrogen and oxygen atoms in total. The molecule has 2 fully saturated rings. The molecule has 0 radical (unpaired) electrons. The number of aliphatic hydroxyl groups is 3. The second-order valence-corrected chi connectivity index (χ2v) is 7.64. The van der Waals surface area contributed by atoms with Gasteiger partial charge in [0.05, 0.1) is 6.04 Å². The van der Waals surface area contributed by atoms with Crippen LogP contribution in [0.4, 0.5) is 0 Å². The lowest BCUT2D eigenvalue weighted by Gasteiger charge is -2.41. The molecular formula is C21H25NO8. The van der Waals surface area contributed by atoms with Gasteiger partial charge in [-0.15, -0.1) is 0 Å². The Morgan fingerprint density at radius 2 is 1.90 bits per heavy atom. The SMILES string of the molecule is C=CCOc1cc2c(cc1O)C=C(C(=O)N[C@@H]1[C@H](O)[C@@H](O)[C@H]3OCO[C@H]3[C@@H]1O)CC2. The number of carbonyl (C=O) groups is 1. The molecule has 1 saturated heterocycles. The number of hydrogen-bond donors (Lipinski definition) is 5. The number of phenolic OH excluding ortho intramolecular Hbond substituents is 1. The van der Waals surface area contributed by atoms with Gasteiger partial charge in [0.15, 0.2) is 11.5 Å². The first-order valence-electron chi connectivity index (χ1n) is 9.79. The molecule has 5 N–H and O–H groups in total.